The van der Waals surface area contributed by atoms with E-state index in [2.05, 4.69) is 10.2 Å². The fraction of sp³-hybridized carbons (Fsp3) is 0.280. The molecule has 4 atom stereocenters. The number of fused-ring (bicyclic) bond motifs is 4. The summed E-state index contributed by atoms with van der Waals surface area (Å²) in [5.41, 5.74) is 1.51. The molecule has 2 aromatic carbocycles. The highest BCUT2D eigenvalue weighted by Crippen LogP contribution is 2.61. The molecule has 1 aromatic heterocycles. The van der Waals surface area contributed by atoms with Crippen LogP contribution in [0.5, 0.6) is 5.75 Å². The fourth-order valence-electron chi connectivity index (χ4n) is 5.81. The lowest BCUT2D eigenvalue weighted by atomic mass is 9.70. The number of amides is 1. The van der Waals surface area contributed by atoms with E-state index in [1.807, 2.05) is 60.0 Å². The number of rotatable bonds is 4. The molecule has 1 amide bonds. The first-order chi connectivity index (χ1) is 16.1. The number of nitrogens with one attached hydrogen (secondary N) is 1. The first-order valence-corrected chi connectivity index (χ1v) is 13.1. The van der Waals surface area contributed by atoms with Crippen LogP contribution in [0.25, 0.3) is 0 Å². The second-order valence-electron chi connectivity index (χ2n) is 8.57. The molecule has 3 aromatic rings. The number of thiophene rings is 1. The summed E-state index contributed by atoms with van der Waals surface area (Å²) in [6.45, 7) is 0. The molecule has 0 bridgehead atoms. The van der Waals surface area contributed by atoms with E-state index in [-0.39, 0.29) is 23.7 Å². The van der Waals surface area contributed by atoms with Crippen molar-refractivity contribution in [2.75, 3.05) is 24.1 Å². The van der Waals surface area contributed by atoms with E-state index in [1.54, 1.807) is 18.9 Å². The number of hydrogen-bond donors (Lipinski definition) is 1. The van der Waals surface area contributed by atoms with Crippen molar-refractivity contribution in [1.29, 1.82) is 0 Å². The van der Waals surface area contributed by atoms with Crippen molar-refractivity contribution in [3.05, 3.63) is 81.0 Å². The SMILES string of the molecule is COc1ccc2c(c1)[C@@]1(C(=O)N2)[C@H](C(=O)c2cccs2)[C@H](c2ccc(Cl)cc2)[C@H]2CSCN21. The number of ether oxygens (including phenoxy) is 1. The number of carbonyl (C=O) groups is 2. The van der Waals surface area contributed by atoms with Crippen molar-refractivity contribution in [1.82, 2.24) is 4.90 Å². The Labute approximate surface area is 205 Å². The number of carbonyl (C=O) groups excluding carboxylic acids is 2. The maximum absolute atomic E-state index is 14.2. The molecule has 2 saturated heterocycles. The van der Waals surface area contributed by atoms with Crippen LogP contribution >= 0.6 is 34.7 Å². The average molecular weight is 497 g/mol. The fourth-order valence-corrected chi connectivity index (χ4v) is 7.97. The second-order valence-corrected chi connectivity index (χ2v) is 10.9. The molecular weight excluding hydrogens is 476 g/mol. The normalized spacial score (nSPS) is 28.1. The minimum atomic E-state index is -1.09. The van der Waals surface area contributed by atoms with E-state index in [0.29, 0.717) is 21.5 Å². The minimum absolute atomic E-state index is 0.00942. The van der Waals surface area contributed by atoms with Crippen LogP contribution in [0, 0.1) is 5.92 Å². The molecule has 2 fully saturated rings. The molecule has 0 radical (unpaired) electrons. The Morgan fingerprint density at radius 2 is 2.03 bits per heavy atom. The summed E-state index contributed by atoms with van der Waals surface area (Å²) in [7, 11) is 1.62. The average Bonchev–Trinajstić information content (AvgIpc) is 3.60. The number of halogens is 1. The van der Waals surface area contributed by atoms with Gasteiger partial charge in [0.2, 0.25) is 5.91 Å². The number of benzene rings is 2. The van der Waals surface area contributed by atoms with Crippen LogP contribution in [0.1, 0.15) is 26.7 Å². The lowest BCUT2D eigenvalue weighted by molar-refractivity contribution is -0.127. The number of ketones is 1. The molecule has 4 heterocycles. The lowest BCUT2D eigenvalue weighted by Crippen LogP contribution is -2.52. The Morgan fingerprint density at radius 1 is 1.21 bits per heavy atom. The Kier molecular flexibility index (Phi) is 5.07. The number of thioether (sulfide) groups is 1. The van der Waals surface area contributed by atoms with E-state index in [9.17, 15) is 9.59 Å². The first kappa shape index (κ1) is 21.2. The first-order valence-electron chi connectivity index (χ1n) is 10.7. The second kappa shape index (κ2) is 7.87. The van der Waals surface area contributed by atoms with Crippen molar-refractivity contribution < 1.29 is 14.3 Å². The molecule has 5 nitrogen and oxygen atoms in total. The zero-order valence-electron chi connectivity index (χ0n) is 17.8. The van der Waals surface area contributed by atoms with Gasteiger partial charge in [-0.05, 0) is 47.3 Å². The van der Waals surface area contributed by atoms with Crippen LogP contribution in [-0.4, -0.2) is 41.4 Å². The largest absolute Gasteiger partial charge is 0.497 e. The van der Waals surface area contributed by atoms with E-state index in [0.717, 1.165) is 22.6 Å². The number of hydrogen-bond acceptors (Lipinski definition) is 6. The number of nitrogens with zero attached hydrogens (tertiary/aromatic N) is 1. The van der Waals surface area contributed by atoms with Crippen LogP contribution < -0.4 is 10.1 Å². The highest BCUT2D eigenvalue weighted by Gasteiger charge is 2.69. The van der Waals surface area contributed by atoms with Crippen LogP contribution in [0.15, 0.2) is 60.0 Å². The van der Waals surface area contributed by atoms with Crippen molar-refractivity contribution in [2.24, 2.45) is 5.92 Å². The van der Waals surface area contributed by atoms with Gasteiger partial charge in [-0.25, -0.2) is 0 Å². The van der Waals surface area contributed by atoms with Gasteiger partial charge in [0.1, 0.15) is 11.3 Å². The predicted molar refractivity (Wildman–Crippen MR) is 133 cm³/mol. The molecule has 8 heteroatoms. The molecule has 168 valence electrons. The van der Waals surface area contributed by atoms with Gasteiger partial charge in [-0.3, -0.25) is 14.5 Å². The van der Waals surface area contributed by atoms with Crippen molar-refractivity contribution in [3.63, 3.8) is 0 Å². The van der Waals surface area contributed by atoms with Gasteiger partial charge in [0, 0.05) is 39.9 Å². The highest BCUT2D eigenvalue weighted by molar-refractivity contribution is 7.99. The molecular formula is C25H21ClN2O3S2. The zero-order valence-corrected chi connectivity index (χ0v) is 20.2. The van der Waals surface area contributed by atoms with Gasteiger partial charge in [-0.2, -0.15) is 0 Å². The van der Waals surface area contributed by atoms with Crippen molar-refractivity contribution in [3.8, 4) is 5.75 Å². The quantitative estimate of drug-likeness (QED) is 0.501. The predicted octanol–water partition coefficient (Wildman–Crippen LogP) is 5.23. The summed E-state index contributed by atoms with van der Waals surface area (Å²) in [5, 5.41) is 5.65. The van der Waals surface area contributed by atoms with Gasteiger partial charge in [-0.1, -0.05) is 29.8 Å². The van der Waals surface area contributed by atoms with Crippen LogP contribution in [0.3, 0.4) is 0 Å². The van der Waals surface area contributed by atoms with Crippen molar-refractivity contribution >= 4 is 52.1 Å². The van der Waals surface area contributed by atoms with Gasteiger partial charge >= 0.3 is 0 Å². The smallest absolute Gasteiger partial charge is 0.250 e. The van der Waals surface area contributed by atoms with Crippen LogP contribution in [0.2, 0.25) is 5.02 Å². The summed E-state index contributed by atoms with van der Waals surface area (Å²) in [6, 6.07) is 17.2. The maximum Gasteiger partial charge on any atom is 0.250 e. The Balaban J connectivity index is 1.62. The third kappa shape index (κ3) is 2.96. The maximum atomic E-state index is 14.2. The van der Waals surface area contributed by atoms with Gasteiger partial charge < -0.3 is 10.1 Å². The van der Waals surface area contributed by atoms with Crippen LogP contribution in [0.4, 0.5) is 5.69 Å². The Morgan fingerprint density at radius 3 is 2.76 bits per heavy atom. The Hall–Kier alpha value is -2.32. The van der Waals surface area contributed by atoms with Gasteiger partial charge in [0.05, 0.1) is 17.9 Å². The summed E-state index contributed by atoms with van der Waals surface area (Å²) in [6.07, 6.45) is 0. The molecule has 1 spiro atoms. The van der Waals surface area contributed by atoms with E-state index >= 15 is 0 Å². The molecule has 1 N–H and O–H groups in total. The molecule has 0 saturated carbocycles. The standard InChI is InChI=1S/C25H21ClN2O3S2/c1-31-16-8-9-18-17(11-16)25(24(30)27-18)22(23(29)20-3-2-10-33-20)21(19-12-32-13-28(19)25)14-4-6-15(26)7-5-14/h2-11,19,21-22H,12-13H2,1H3,(H,27,30)/t19-,21-,22+,25+/m1/s1. The van der Waals surface area contributed by atoms with E-state index < -0.39 is 11.5 Å². The van der Waals surface area contributed by atoms with Gasteiger partial charge in [-0.15, -0.1) is 23.1 Å². The lowest BCUT2D eigenvalue weighted by Gasteiger charge is -2.36. The number of Topliss-reactive ketones (excluding diaryl/α,β-unsaturated/α-hetero) is 1. The van der Waals surface area contributed by atoms with E-state index in [1.165, 1.54) is 11.3 Å². The molecule has 6 rings (SSSR count). The summed E-state index contributed by atoms with van der Waals surface area (Å²) in [4.78, 5) is 31.1. The number of anilines is 1. The number of methoxy groups -OCH3 is 1. The van der Waals surface area contributed by atoms with E-state index in [4.69, 9.17) is 16.3 Å². The molecule has 3 aliphatic rings. The van der Waals surface area contributed by atoms with Gasteiger partial charge in [0.25, 0.3) is 0 Å². The minimum Gasteiger partial charge on any atom is -0.497 e. The summed E-state index contributed by atoms with van der Waals surface area (Å²) < 4.78 is 5.52. The summed E-state index contributed by atoms with van der Waals surface area (Å²) in [5.74, 6) is 1.37. The third-order valence-electron chi connectivity index (χ3n) is 7.13. The zero-order chi connectivity index (χ0) is 22.7. The molecule has 33 heavy (non-hydrogen) atoms. The monoisotopic (exact) mass is 496 g/mol. The van der Waals surface area contributed by atoms with Gasteiger partial charge in [0.15, 0.2) is 5.78 Å². The third-order valence-corrected chi connectivity index (χ3v) is 9.30. The highest BCUT2D eigenvalue weighted by atomic mass is 35.5. The molecule has 3 aliphatic heterocycles. The summed E-state index contributed by atoms with van der Waals surface area (Å²) >= 11 is 9.43. The topological polar surface area (TPSA) is 58.6 Å². The molecule has 0 aliphatic carbocycles. The van der Waals surface area contributed by atoms with Crippen molar-refractivity contribution in [2.45, 2.75) is 17.5 Å². The molecule has 0 unspecified atom stereocenters. The van der Waals surface area contributed by atoms with Crippen LogP contribution in [-0.2, 0) is 10.3 Å². The Bertz CT molecular complexity index is 1250.